The second-order valence-electron chi connectivity index (χ2n) is 7.78. The third-order valence-electron chi connectivity index (χ3n) is 6.05. The van der Waals surface area contributed by atoms with Crippen molar-refractivity contribution in [2.75, 3.05) is 26.7 Å². The summed E-state index contributed by atoms with van der Waals surface area (Å²) in [4.78, 5) is 15.1. The molecule has 3 N–H and O–H groups in total. The minimum Gasteiger partial charge on any atom is -0.497 e. The Morgan fingerprint density at radius 2 is 1.94 bits per heavy atom. The van der Waals surface area contributed by atoms with E-state index in [-0.39, 0.29) is 17.0 Å². The van der Waals surface area contributed by atoms with Crippen LogP contribution in [0.15, 0.2) is 46.6 Å². The monoisotopic (exact) mass is 423 g/mol. The van der Waals surface area contributed by atoms with Gasteiger partial charge in [0.05, 0.1) is 38.2 Å². The molecule has 0 saturated carbocycles. The van der Waals surface area contributed by atoms with Crippen LogP contribution in [0.4, 0.5) is 0 Å². The Kier molecular flexibility index (Phi) is 7.03. The number of nitrogens with one attached hydrogen (secondary N) is 1. The van der Waals surface area contributed by atoms with Crippen molar-refractivity contribution in [3.8, 4) is 17.6 Å². The number of hydrogen-bond donors (Lipinski definition) is 2. The zero-order valence-corrected chi connectivity index (χ0v) is 18.7. The number of nitrogens with zero attached hydrogens (tertiary/aromatic N) is 2. The molecule has 1 atom stereocenters. The maximum absolute atomic E-state index is 13.6. The maximum atomic E-state index is 13.6. The fraction of sp³-hybridized carbons (Fsp3) is 0.417. The minimum absolute atomic E-state index is 0.0394. The third kappa shape index (κ3) is 4.44. The highest BCUT2D eigenvalue weighted by molar-refractivity contribution is 5.55. The lowest BCUT2D eigenvalue weighted by molar-refractivity contribution is -0.896. The number of hydrogen-bond acceptors (Lipinski definition) is 5. The zero-order chi connectivity index (χ0) is 22.5. The number of allylic oxidation sites excluding steroid dienone is 1. The molecule has 1 aliphatic rings. The lowest BCUT2D eigenvalue weighted by atomic mass is 9.84. The standard InChI is InChI=1S/C24H30N4O3/c1-5-27(6-2)12-7-13-28-16(3)14-20-22(24(28)29)21(19(15-25)23(26)31-20)17-8-10-18(30-4)11-9-17/h8-11,14,21H,5-7,12-13,26H2,1-4H3/p+1/t21-/m0/s1. The molecule has 0 amide bonds. The van der Waals surface area contributed by atoms with Crippen molar-refractivity contribution in [2.45, 2.75) is 39.7 Å². The molecule has 3 rings (SSSR count). The molecule has 0 spiro atoms. The van der Waals surface area contributed by atoms with E-state index in [1.807, 2.05) is 37.3 Å². The molecule has 2 aromatic rings. The molecule has 0 saturated heterocycles. The van der Waals surface area contributed by atoms with Crippen LogP contribution in [0.25, 0.3) is 0 Å². The van der Waals surface area contributed by atoms with Crippen LogP contribution >= 0.6 is 0 Å². The van der Waals surface area contributed by atoms with Gasteiger partial charge >= 0.3 is 0 Å². The summed E-state index contributed by atoms with van der Waals surface area (Å²) in [5.41, 5.74) is 8.25. The summed E-state index contributed by atoms with van der Waals surface area (Å²) in [5, 5.41) is 9.79. The predicted molar refractivity (Wildman–Crippen MR) is 119 cm³/mol. The van der Waals surface area contributed by atoms with Gasteiger partial charge in [0.25, 0.3) is 5.56 Å². The van der Waals surface area contributed by atoms with E-state index in [1.54, 1.807) is 11.7 Å². The number of pyridine rings is 1. The van der Waals surface area contributed by atoms with E-state index in [2.05, 4.69) is 19.9 Å². The number of quaternary nitrogens is 1. The summed E-state index contributed by atoms with van der Waals surface area (Å²) in [7, 11) is 1.60. The molecule has 2 heterocycles. The average molecular weight is 424 g/mol. The zero-order valence-electron chi connectivity index (χ0n) is 18.7. The van der Waals surface area contributed by atoms with Crippen molar-refractivity contribution in [2.24, 2.45) is 5.73 Å². The number of nitrogens with two attached hydrogens (primary N) is 1. The van der Waals surface area contributed by atoms with Gasteiger partial charge in [0.2, 0.25) is 5.88 Å². The van der Waals surface area contributed by atoms with Crippen molar-refractivity contribution in [1.82, 2.24) is 4.57 Å². The Morgan fingerprint density at radius 3 is 2.52 bits per heavy atom. The highest BCUT2D eigenvalue weighted by atomic mass is 16.5. The second-order valence-corrected chi connectivity index (χ2v) is 7.78. The summed E-state index contributed by atoms with van der Waals surface area (Å²) in [6.07, 6.45) is 0.897. The smallest absolute Gasteiger partial charge is 0.258 e. The van der Waals surface area contributed by atoms with Crippen LogP contribution in [0.5, 0.6) is 11.5 Å². The summed E-state index contributed by atoms with van der Waals surface area (Å²) in [6, 6.07) is 11.3. The van der Waals surface area contributed by atoms with Gasteiger partial charge in [-0.1, -0.05) is 12.1 Å². The number of rotatable bonds is 8. The minimum atomic E-state index is -0.576. The predicted octanol–water partition coefficient (Wildman–Crippen LogP) is 1.70. The van der Waals surface area contributed by atoms with E-state index in [1.165, 1.54) is 4.90 Å². The van der Waals surface area contributed by atoms with Crippen LogP contribution in [0.1, 0.15) is 43.0 Å². The summed E-state index contributed by atoms with van der Waals surface area (Å²) in [6.45, 7) is 10.0. The van der Waals surface area contributed by atoms with Crippen molar-refractivity contribution in [3.63, 3.8) is 0 Å². The molecule has 7 nitrogen and oxygen atoms in total. The van der Waals surface area contributed by atoms with Crippen molar-refractivity contribution in [1.29, 1.82) is 5.26 Å². The highest BCUT2D eigenvalue weighted by Gasteiger charge is 2.34. The first-order valence-electron chi connectivity index (χ1n) is 10.7. The van der Waals surface area contributed by atoms with E-state index < -0.39 is 5.92 Å². The van der Waals surface area contributed by atoms with E-state index in [0.717, 1.165) is 37.3 Å². The topological polar surface area (TPSA) is 94.7 Å². The molecule has 1 aromatic carbocycles. The van der Waals surface area contributed by atoms with E-state index >= 15 is 0 Å². The van der Waals surface area contributed by atoms with Gasteiger partial charge in [0.1, 0.15) is 23.1 Å². The van der Waals surface area contributed by atoms with Crippen molar-refractivity contribution in [3.05, 3.63) is 69.0 Å². The summed E-state index contributed by atoms with van der Waals surface area (Å²) < 4.78 is 12.8. The van der Waals surface area contributed by atoms with Gasteiger partial charge in [-0.25, -0.2) is 0 Å². The molecule has 1 aliphatic heterocycles. The van der Waals surface area contributed by atoms with Crippen molar-refractivity contribution < 1.29 is 14.4 Å². The van der Waals surface area contributed by atoms with Crippen LogP contribution in [-0.4, -0.2) is 31.3 Å². The number of nitriles is 1. The molecule has 0 fully saturated rings. The van der Waals surface area contributed by atoms with Gasteiger partial charge in [-0.15, -0.1) is 0 Å². The number of benzene rings is 1. The molecular formula is C24H31N4O3+. The van der Waals surface area contributed by atoms with Crippen molar-refractivity contribution >= 4 is 0 Å². The first kappa shape index (κ1) is 22.4. The van der Waals surface area contributed by atoms with Gasteiger partial charge in [0, 0.05) is 24.7 Å². The lowest BCUT2D eigenvalue weighted by Gasteiger charge is -2.27. The Morgan fingerprint density at radius 1 is 1.26 bits per heavy atom. The van der Waals surface area contributed by atoms with Gasteiger partial charge in [-0.3, -0.25) is 4.79 Å². The average Bonchev–Trinajstić information content (AvgIpc) is 2.77. The molecule has 0 unspecified atom stereocenters. The van der Waals surface area contributed by atoms with E-state index in [0.29, 0.717) is 23.6 Å². The Bertz CT molecular complexity index is 1060. The normalized spacial score (nSPS) is 15.4. The van der Waals surface area contributed by atoms with Gasteiger partial charge < -0.3 is 24.7 Å². The Hall–Kier alpha value is -3.24. The molecule has 7 heteroatoms. The number of aryl methyl sites for hydroxylation is 1. The van der Waals surface area contributed by atoms with E-state index in [4.69, 9.17) is 15.2 Å². The van der Waals surface area contributed by atoms with Crippen LogP contribution in [-0.2, 0) is 6.54 Å². The Balaban J connectivity index is 2.06. The fourth-order valence-corrected chi connectivity index (χ4v) is 4.18. The quantitative estimate of drug-likeness (QED) is 0.674. The van der Waals surface area contributed by atoms with E-state index in [9.17, 15) is 10.1 Å². The maximum Gasteiger partial charge on any atom is 0.258 e. The highest BCUT2D eigenvalue weighted by Crippen LogP contribution is 2.40. The van der Waals surface area contributed by atoms with Crippen LogP contribution in [0.2, 0.25) is 0 Å². The molecular weight excluding hydrogens is 392 g/mol. The number of fused-ring (bicyclic) bond motifs is 1. The largest absolute Gasteiger partial charge is 0.497 e. The lowest BCUT2D eigenvalue weighted by Crippen LogP contribution is -3.11. The van der Waals surface area contributed by atoms with Crippen LogP contribution < -0.4 is 25.7 Å². The molecule has 31 heavy (non-hydrogen) atoms. The summed E-state index contributed by atoms with van der Waals surface area (Å²) >= 11 is 0. The van der Waals surface area contributed by atoms with Gasteiger partial charge in [-0.2, -0.15) is 5.26 Å². The first-order chi connectivity index (χ1) is 14.9. The first-order valence-corrected chi connectivity index (χ1v) is 10.7. The van der Waals surface area contributed by atoms with Crippen LogP contribution in [0, 0.1) is 18.3 Å². The third-order valence-corrected chi connectivity index (χ3v) is 6.05. The van der Waals surface area contributed by atoms with Gasteiger partial charge in [0.15, 0.2) is 0 Å². The number of aromatic nitrogens is 1. The Labute approximate surface area is 183 Å². The molecule has 0 bridgehead atoms. The molecule has 1 aromatic heterocycles. The summed E-state index contributed by atoms with van der Waals surface area (Å²) in [5.74, 6) is 0.585. The molecule has 164 valence electrons. The second kappa shape index (κ2) is 9.71. The SMILES string of the molecule is CC[NH+](CC)CCCn1c(C)cc2c(c1=O)[C@@H](c1ccc(OC)cc1)C(C#N)=C(N)O2. The molecule has 0 aliphatic carbocycles. The molecule has 0 radical (unpaired) electrons. The van der Waals surface area contributed by atoms with Crippen LogP contribution in [0.3, 0.4) is 0 Å². The number of ether oxygens (including phenoxy) is 2. The van der Waals surface area contributed by atoms with Gasteiger partial charge in [-0.05, 0) is 38.5 Å². The fourth-order valence-electron chi connectivity index (χ4n) is 4.18. The number of methoxy groups -OCH3 is 1.